The van der Waals surface area contributed by atoms with E-state index in [1.165, 1.54) is 0 Å². The van der Waals surface area contributed by atoms with E-state index in [4.69, 9.17) is 16.3 Å². The van der Waals surface area contributed by atoms with Gasteiger partial charge in [0.25, 0.3) is 5.91 Å². The number of ether oxygens (including phenoxy) is 1. The predicted octanol–water partition coefficient (Wildman–Crippen LogP) is 4.23. The molecule has 0 fully saturated rings. The third-order valence-electron chi connectivity index (χ3n) is 4.83. The van der Waals surface area contributed by atoms with Crippen molar-refractivity contribution in [2.24, 2.45) is 5.92 Å². The van der Waals surface area contributed by atoms with Crippen LogP contribution in [0.2, 0.25) is 5.02 Å². The zero-order valence-corrected chi connectivity index (χ0v) is 18.4. The Morgan fingerprint density at radius 1 is 1.06 bits per heavy atom. The van der Waals surface area contributed by atoms with Gasteiger partial charge in [0.05, 0.1) is 17.2 Å². The third kappa shape index (κ3) is 5.95. The minimum absolute atomic E-state index is 0.0792. The van der Waals surface area contributed by atoms with E-state index in [2.05, 4.69) is 15.6 Å². The van der Waals surface area contributed by atoms with E-state index in [-0.39, 0.29) is 17.7 Å². The van der Waals surface area contributed by atoms with E-state index in [9.17, 15) is 9.59 Å². The molecule has 0 aliphatic carbocycles. The highest BCUT2D eigenvalue weighted by atomic mass is 35.5. The lowest BCUT2D eigenvalue weighted by atomic mass is 10.0. The second-order valence-corrected chi connectivity index (χ2v) is 7.91. The average Bonchev–Trinajstić information content (AvgIpc) is 2.77. The number of aromatic nitrogens is 1. The lowest BCUT2D eigenvalue weighted by Crippen LogP contribution is -2.50. The highest BCUT2D eigenvalue weighted by Gasteiger charge is 2.25. The van der Waals surface area contributed by atoms with Crippen molar-refractivity contribution in [3.63, 3.8) is 0 Å². The fraction of sp³-hybridized carbons (Fsp3) is 0.292. The number of rotatable bonds is 9. The molecule has 2 N–H and O–H groups in total. The van der Waals surface area contributed by atoms with Gasteiger partial charge in [-0.1, -0.05) is 55.8 Å². The number of hydrogen-bond acceptors (Lipinski definition) is 4. The summed E-state index contributed by atoms with van der Waals surface area (Å²) in [5.41, 5.74) is 1.16. The van der Waals surface area contributed by atoms with Gasteiger partial charge in [0.1, 0.15) is 17.3 Å². The number of amides is 2. The number of carbonyl (C=O) groups excluding carboxylic acids is 2. The molecule has 1 aromatic heterocycles. The number of hydrogen-bond donors (Lipinski definition) is 2. The minimum Gasteiger partial charge on any atom is -0.491 e. The van der Waals surface area contributed by atoms with Gasteiger partial charge in [-0.2, -0.15) is 0 Å². The molecule has 0 aliphatic heterocycles. The summed E-state index contributed by atoms with van der Waals surface area (Å²) in [7, 11) is 0. The second kappa shape index (κ2) is 10.8. The maximum absolute atomic E-state index is 12.6. The van der Waals surface area contributed by atoms with Crippen molar-refractivity contribution in [3.05, 3.63) is 71.4 Å². The second-order valence-electron chi connectivity index (χ2n) is 7.50. The normalized spacial score (nSPS) is 11.9. The van der Waals surface area contributed by atoms with Gasteiger partial charge in [-0.05, 0) is 36.6 Å². The first kappa shape index (κ1) is 22.6. The first-order chi connectivity index (χ1) is 15.0. The maximum atomic E-state index is 12.6. The fourth-order valence-electron chi connectivity index (χ4n) is 3.17. The van der Waals surface area contributed by atoms with E-state index in [1.54, 1.807) is 30.5 Å². The number of halogens is 1. The Labute approximate surface area is 187 Å². The summed E-state index contributed by atoms with van der Waals surface area (Å²) in [4.78, 5) is 29.5. The molecule has 7 heteroatoms. The van der Waals surface area contributed by atoms with Crippen LogP contribution in [0.4, 0.5) is 0 Å². The monoisotopic (exact) mass is 439 g/mol. The summed E-state index contributed by atoms with van der Waals surface area (Å²) in [5.74, 6) is 0.0365. The summed E-state index contributed by atoms with van der Waals surface area (Å²) in [6.07, 6.45) is 2.36. The number of nitrogens with one attached hydrogen (secondary N) is 2. The van der Waals surface area contributed by atoms with E-state index < -0.39 is 6.04 Å². The molecule has 2 aromatic carbocycles. The van der Waals surface area contributed by atoms with E-state index in [0.717, 1.165) is 16.7 Å². The van der Waals surface area contributed by atoms with Crippen LogP contribution in [0.1, 0.15) is 30.6 Å². The molecule has 0 aliphatic rings. The van der Waals surface area contributed by atoms with E-state index in [0.29, 0.717) is 30.2 Å². The summed E-state index contributed by atoms with van der Waals surface area (Å²) in [5, 5.41) is 7.03. The molecule has 0 bridgehead atoms. The van der Waals surface area contributed by atoms with Gasteiger partial charge in [-0.3, -0.25) is 14.6 Å². The van der Waals surface area contributed by atoms with Gasteiger partial charge in [0.15, 0.2) is 0 Å². The SMILES string of the molecule is CC(C)C(NC(=O)c1ccccc1Cl)C(=O)NCCCOc1cccc2cccnc12. The first-order valence-corrected chi connectivity index (χ1v) is 10.6. The lowest BCUT2D eigenvalue weighted by molar-refractivity contribution is -0.123. The molecule has 1 unspecified atom stereocenters. The lowest BCUT2D eigenvalue weighted by Gasteiger charge is -2.22. The Kier molecular flexibility index (Phi) is 7.84. The molecule has 0 radical (unpaired) electrons. The van der Waals surface area contributed by atoms with Crippen molar-refractivity contribution in [2.75, 3.05) is 13.2 Å². The van der Waals surface area contributed by atoms with Crippen molar-refractivity contribution in [1.29, 1.82) is 0 Å². The van der Waals surface area contributed by atoms with Crippen LogP contribution in [-0.4, -0.2) is 36.0 Å². The van der Waals surface area contributed by atoms with Gasteiger partial charge in [0.2, 0.25) is 5.91 Å². The maximum Gasteiger partial charge on any atom is 0.253 e. The number of carbonyl (C=O) groups is 2. The molecule has 0 saturated heterocycles. The Morgan fingerprint density at radius 3 is 2.61 bits per heavy atom. The average molecular weight is 440 g/mol. The highest BCUT2D eigenvalue weighted by Crippen LogP contribution is 2.22. The summed E-state index contributed by atoms with van der Waals surface area (Å²) >= 11 is 6.09. The quantitative estimate of drug-likeness (QED) is 0.489. The number of fused-ring (bicyclic) bond motifs is 1. The number of pyridine rings is 1. The Balaban J connectivity index is 1.49. The zero-order valence-electron chi connectivity index (χ0n) is 17.6. The fourth-order valence-corrected chi connectivity index (χ4v) is 3.39. The van der Waals surface area contributed by atoms with Crippen molar-refractivity contribution in [3.8, 4) is 5.75 Å². The number of nitrogens with zero attached hydrogens (tertiary/aromatic N) is 1. The molecular weight excluding hydrogens is 414 g/mol. The van der Waals surface area contributed by atoms with Crippen LogP contribution in [0.5, 0.6) is 5.75 Å². The molecule has 31 heavy (non-hydrogen) atoms. The van der Waals surface area contributed by atoms with Gasteiger partial charge in [0, 0.05) is 18.1 Å². The van der Waals surface area contributed by atoms with Gasteiger partial charge < -0.3 is 15.4 Å². The molecule has 0 spiro atoms. The highest BCUT2D eigenvalue weighted by molar-refractivity contribution is 6.33. The van der Waals surface area contributed by atoms with Crippen LogP contribution in [0.25, 0.3) is 10.9 Å². The summed E-state index contributed by atoms with van der Waals surface area (Å²) < 4.78 is 5.85. The van der Waals surface area contributed by atoms with Crippen molar-refractivity contribution in [2.45, 2.75) is 26.3 Å². The van der Waals surface area contributed by atoms with Crippen LogP contribution >= 0.6 is 11.6 Å². The van der Waals surface area contributed by atoms with Crippen molar-refractivity contribution in [1.82, 2.24) is 15.6 Å². The summed E-state index contributed by atoms with van der Waals surface area (Å²) in [6, 6.07) is 15.8. The molecule has 2 amide bonds. The van der Waals surface area contributed by atoms with Crippen LogP contribution in [0, 0.1) is 5.92 Å². The molecule has 162 valence electrons. The third-order valence-corrected chi connectivity index (χ3v) is 5.16. The Bertz CT molecular complexity index is 1050. The molecule has 0 saturated carbocycles. The first-order valence-electron chi connectivity index (χ1n) is 10.3. The molecular formula is C24H26ClN3O3. The Morgan fingerprint density at radius 2 is 1.84 bits per heavy atom. The predicted molar refractivity (Wildman–Crippen MR) is 122 cm³/mol. The molecule has 1 atom stereocenters. The largest absolute Gasteiger partial charge is 0.491 e. The van der Waals surface area contributed by atoms with E-state index >= 15 is 0 Å². The topological polar surface area (TPSA) is 80.3 Å². The van der Waals surface area contributed by atoms with E-state index in [1.807, 2.05) is 44.2 Å². The van der Waals surface area contributed by atoms with Crippen LogP contribution in [0.3, 0.4) is 0 Å². The van der Waals surface area contributed by atoms with Crippen molar-refractivity contribution >= 4 is 34.3 Å². The van der Waals surface area contributed by atoms with Gasteiger partial charge in [-0.25, -0.2) is 0 Å². The number of para-hydroxylation sites is 1. The molecule has 3 aromatic rings. The van der Waals surface area contributed by atoms with Gasteiger partial charge in [-0.15, -0.1) is 0 Å². The molecule has 3 rings (SSSR count). The summed E-state index contributed by atoms with van der Waals surface area (Å²) in [6.45, 7) is 4.64. The van der Waals surface area contributed by atoms with Crippen LogP contribution < -0.4 is 15.4 Å². The minimum atomic E-state index is -0.660. The standard InChI is InChI=1S/C24H26ClN3O3/c1-16(2)21(28-23(29)18-10-3-4-11-19(18)25)24(30)27-14-7-15-31-20-12-5-8-17-9-6-13-26-22(17)20/h3-6,8-13,16,21H,7,14-15H2,1-2H3,(H,27,30)(H,28,29). The van der Waals surface area contributed by atoms with Gasteiger partial charge >= 0.3 is 0 Å². The van der Waals surface area contributed by atoms with Crippen LogP contribution in [-0.2, 0) is 4.79 Å². The van der Waals surface area contributed by atoms with Crippen LogP contribution in [0.15, 0.2) is 60.8 Å². The van der Waals surface area contributed by atoms with Crippen molar-refractivity contribution < 1.29 is 14.3 Å². The zero-order chi connectivity index (χ0) is 22.2. The molecule has 6 nitrogen and oxygen atoms in total. The molecule has 1 heterocycles. The number of benzene rings is 2. The Hall–Kier alpha value is -3.12. The smallest absolute Gasteiger partial charge is 0.253 e.